The van der Waals surface area contributed by atoms with Crippen molar-refractivity contribution in [2.75, 3.05) is 6.61 Å². The molecule has 118 valence electrons. The maximum atomic E-state index is 13.3. The van der Waals surface area contributed by atoms with Gasteiger partial charge in [0.05, 0.1) is 0 Å². The number of halogens is 2. The zero-order valence-electron chi connectivity index (χ0n) is 12.8. The SMILES string of the molecule is CC(C)CCCC(C)NC(=O)COc1ccc(F)cc1F. The van der Waals surface area contributed by atoms with E-state index in [-0.39, 0.29) is 24.3 Å². The molecular weight excluding hydrogens is 276 g/mol. The van der Waals surface area contributed by atoms with Gasteiger partial charge in [-0.1, -0.05) is 26.7 Å². The fourth-order valence-corrected chi connectivity index (χ4v) is 1.96. The molecule has 0 fully saturated rings. The third kappa shape index (κ3) is 7.06. The summed E-state index contributed by atoms with van der Waals surface area (Å²) >= 11 is 0. The molecule has 1 amide bonds. The lowest BCUT2D eigenvalue weighted by molar-refractivity contribution is -0.123. The monoisotopic (exact) mass is 299 g/mol. The molecule has 0 saturated carbocycles. The van der Waals surface area contributed by atoms with E-state index in [1.165, 1.54) is 6.07 Å². The average molecular weight is 299 g/mol. The topological polar surface area (TPSA) is 38.3 Å². The van der Waals surface area contributed by atoms with E-state index in [1.807, 2.05) is 6.92 Å². The van der Waals surface area contributed by atoms with Crippen LogP contribution in [-0.2, 0) is 4.79 Å². The molecular formula is C16H23F2NO2. The molecule has 1 aromatic carbocycles. The Labute approximate surface area is 124 Å². The highest BCUT2D eigenvalue weighted by atomic mass is 19.1. The Hall–Kier alpha value is -1.65. The molecule has 0 aliphatic heterocycles. The first-order chi connectivity index (χ1) is 9.88. The Bertz CT molecular complexity index is 464. The first-order valence-corrected chi connectivity index (χ1v) is 7.25. The molecule has 0 aliphatic rings. The van der Waals surface area contributed by atoms with Crippen molar-refractivity contribution < 1.29 is 18.3 Å². The number of carbonyl (C=O) groups excluding carboxylic acids is 1. The van der Waals surface area contributed by atoms with Crippen LogP contribution in [0.15, 0.2) is 18.2 Å². The van der Waals surface area contributed by atoms with E-state index in [0.29, 0.717) is 5.92 Å². The molecule has 0 radical (unpaired) electrons. The molecule has 1 N–H and O–H groups in total. The van der Waals surface area contributed by atoms with E-state index in [0.717, 1.165) is 31.4 Å². The molecule has 0 spiro atoms. The minimum atomic E-state index is -0.812. The van der Waals surface area contributed by atoms with Crippen LogP contribution in [0.2, 0.25) is 0 Å². The Morgan fingerprint density at radius 2 is 1.95 bits per heavy atom. The minimum Gasteiger partial charge on any atom is -0.481 e. The number of nitrogens with one attached hydrogen (secondary N) is 1. The summed E-state index contributed by atoms with van der Waals surface area (Å²) in [5.74, 6) is -1.27. The zero-order valence-corrected chi connectivity index (χ0v) is 12.8. The predicted molar refractivity (Wildman–Crippen MR) is 78.1 cm³/mol. The lowest BCUT2D eigenvalue weighted by atomic mass is 10.0. The fourth-order valence-electron chi connectivity index (χ4n) is 1.96. The molecule has 0 saturated heterocycles. The molecule has 1 atom stereocenters. The van der Waals surface area contributed by atoms with Crippen LogP contribution in [0, 0.1) is 17.6 Å². The van der Waals surface area contributed by atoms with E-state index in [4.69, 9.17) is 4.74 Å². The van der Waals surface area contributed by atoms with Crippen LogP contribution in [0.5, 0.6) is 5.75 Å². The number of amides is 1. The van der Waals surface area contributed by atoms with Crippen molar-refractivity contribution in [2.45, 2.75) is 46.1 Å². The third-order valence-corrected chi connectivity index (χ3v) is 3.08. The number of hydrogen-bond acceptors (Lipinski definition) is 2. The van der Waals surface area contributed by atoms with Gasteiger partial charge in [-0.05, 0) is 31.4 Å². The molecule has 0 aliphatic carbocycles. The second-order valence-corrected chi connectivity index (χ2v) is 5.66. The Kier molecular flexibility index (Phi) is 7.12. The Balaban J connectivity index is 2.30. The van der Waals surface area contributed by atoms with Gasteiger partial charge in [-0.3, -0.25) is 4.79 Å². The summed E-state index contributed by atoms with van der Waals surface area (Å²) in [5.41, 5.74) is 0. The highest BCUT2D eigenvalue weighted by Crippen LogP contribution is 2.17. The van der Waals surface area contributed by atoms with Gasteiger partial charge < -0.3 is 10.1 Å². The first-order valence-electron chi connectivity index (χ1n) is 7.25. The van der Waals surface area contributed by atoms with Crippen LogP contribution in [0.1, 0.15) is 40.0 Å². The van der Waals surface area contributed by atoms with Crippen LogP contribution in [0.25, 0.3) is 0 Å². The van der Waals surface area contributed by atoms with Crippen molar-refractivity contribution >= 4 is 5.91 Å². The lowest BCUT2D eigenvalue weighted by Gasteiger charge is -2.15. The van der Waals surface area contributed by atoms with Gasteiger partial charge >= 0.3 is 0 Å². The summed E-state index contributed by atoms with van der Waals surface area (Å²) in [6, 6.07) is 3.04. The van der Waals surface area contributed by atoms with Crippen LogP contribution in [-0.4, -0.2) is 18.6 Å². The fraction of sp³-hybridized carbons (Fsp3) is 0.562. The average Bonchev–Trinajstić information content (AvgIpc) is 2.37. The summed E-state index contributed by atoms with van der Waals surface area (Å²) in [7, 11) is 0. The molecule has 5 heteroatoms. The van der Waals surface area contributed by atoms with Gasteiger partial charge in [0.25, 0.3) is 5.91 Å². The van der Waals surface area contributed by atoms with E-state index in [9.17, 15) is 13.6 Å². The van der Waals surface area contributed by atoms with Gasteiger partial charge in [0.15, 0.2) is 18.2 Å². The van der Waals surface area contributed by atoms with Crippen LogP contribution < -0.4 is 10.1 Å². The Morgan fingerprint density at radius 3 is 2.57 bits per heavy atom. The normalized spacial score (nSPS) is 12.3. The van der Waals surface area contributed by atoms with Crippen LogP contribution >= 0.6 is 0 Å². The molecule has 1 rings (SSSR count). The number of ether oxygens (including phenoxy) is 1. The molecule has 0 heterocycles. The minimum absolute atomic E-state index is 0.0536. The standard InChI is InChI=1S/C16H23F2NO2/c1-11(2)5-4-6-12(3)19-16(20)10-21-15-8-7-13(17)9-14(15)18/h7-9,11-12H,4-6,10H2,1-3H3,(H,19,20). The summed E-state index contributed by atoms with van der Waals surface area (Å²) < 4.78 is 31.1. The predicted octanol–water partition coefficient (Wildman–Crippen LogP) is 3.67. The van der Waals surface area contributed by atoms with Crippen molar-refractivity contribution in [3.63, 3.8) is 0 Å². The van der Waals surface area contributed by atoms with Gasteiger partial charge in [-0.15, -0.1) is 0 Å². The lowest BCUT2D eigenvalue weighted by Crippen LogP contribution is -2.36. The summed E-state index contributed by atoms with van der Waals surface area (Å²) in [4.78, 5) is 11.7. The Morgan fingerprint density at radius 1 is 1.24 bits per heavy atom. The van der Waals surface area contributed by atoms with Crippen molar-refractivity contribution in [1.82, 2.24) is 5.32 Å². The highest BCUT2D eigenvalue weighted by Gasteiger charge is 2.10. The van der Waals surface area contributed by atoms with E-state index in [1.54, 1.807) is 0 Å². The summed E-state index contributed by atoms with van der Waals surface area (Å²) in [5, 5.41) is 2.79. The van der Waals surface area contributed by atoms with E-state index in [2.05, 4.69) is 19.2 Å². The molecule has 0 bridgehead atoms. The van der Waals surface area contributed by atoms with E-state index >= 15 is 0 Å². The number of hydrogen-bond donors (Lipinski definition) is 1. The van der Waals surface area contributed by atoms with Gasteiger partial charge in [0, 0.05) is 12.1 Å². The molecule has 1 aromatic rings. The largest absolute Gasteiger partial charge is 0.481 e. The quantitative estimate of drug-likeness (QED) is 0.795. The van der Waals surface area contributed by atoms with Gasteiger partial charge in [0.2, 0.25) is 0 Å². The molecule has 1 unspecified atom stereocenters. The maximum absolute atomic E-state index is 13.3. The highest BCUT2D eigenvalue weighted by molar-refractivity contribution is 5.77. The van der Waals surface area contributed by atoms with Crippen LogP contribution in [0.4, 0.5) is 8.78 Å². The van der Waals surface area contributed by atoms with Gasteiger partial charge in [-0.2, -0.15) is 0 Å². The third-order valence-electron chi connectivity index (χ3n) is 3.08. The second-order valence-electron chi connectivity index (χ2n) is 5.66. The van der Waals surface area contributed by atoms with Gasteiger partial charge in [0.1, 0.15) is 5.82 Å². The van der Waals surface area contributed by atoms with Gasteiger partial charge in [-0.25, -0.2) is 8.78 Å². The van der Waals surface area contributed by atoms with E-state index < -0.39 is 11.6 Å². The van der Waals surface area contributed by atoms with Crippen molar-refractivity contribution in [1.29, 1.82) is 0 Å². The summed E-state index contributed by atoms with van der Waals surface area (Å²) in [6.45, 7) is 5.97. The summed E-state index contributed by atoms with van der Waals surface area (Å²) in [6.07, 6.45) is 3.07. The number of rotatable bonds is 8. The molecule has 3 nitrogen and oxygen atoms in total. The maximum Gasteiger partial charge on any atom is 0.258 e. The number of benzene rings is 1. The zero-order chi connectivity index (χ0) is 15.8. The van der Waals surface area contributed by atoms with Crippen LogP contribution in [0.3, 0.4) is 0 Å². The smallest absolute Gasteiger partial charge is 0.258 e. The first kappa shape index (κ1) is 17.4. The second kappa shape index (κ2) is 8.60. The number of carbonyl (C=O) groups is 1. The van der Waals surface area contributed by atoms with Crippen molar-refractivity contribution in [3.05, 3.63) is 29.8 Å². The molecule has 21 heavy (non-hydrogen) atoms. The van der Waals surface area contributed by atoms with Crippen molar-refractivity contribution in [3.8, 4) is 5.75 Å². The molecule has 0 aromatic heterocycles. The van der Waals surface area contributed by atoms with Crippen molar-refractivity contribution in [2.24, 2.45) is 5.92 Å².